The second-order valence-corrected chi connectivity index (χ2v) is 9.43. The van der Waals surface area contributed by atoms with Crippen molar-refractivity contribution in [2.45, 2.75) is 51.9 Å². The van der Waals surface area contributed by atoms with Gasteiger partial charge in [0, 0.05) is 12.2 Å². The lowest BCUT2D eigenvalue weighted by Crippen LogP contribution is -2.43. The minimum atomic E-state index is -0.563. The first-order chi connectivity index (χ1) is 16.8. The van der Waals surface area contributed by atoms with Crippen molar-refractivity contribution in [3.05, 3.63) is 102 Å². The molecule has 6 heteroatoms. The van der Waals surface area contributed by atoms with Crippen LogP contribution in [0.2, 0.25) is 0 Å². The molecule has 0 heterocycles. The summed E-state index contributed by atoms with van der Waals surface area (Å²) >= 11 is 0. The molecule has 184 valence electrons. The summed E-state index contributed by atoms with van der Waals surface area (Å²) in [6, 6.07) is 27.1. The number of amides is 1. The van der Waals surface area contributed by atoms with Gasteiger partial charge in [-0.1, -0.05) is 72.8 Å². The summed E-state index contributed by atoms with van der Waals surface area (Å²) in [6.07, 6.45) is 0.437. The first-order valence-corrected chi connectivity index (χ1v) is 11.8. The lowest BCUT2D eigenvalue weighted by atomic mass is 10.1. The van der Waals surface area contributed by atoms with Crippen molar-refractivity contribution in [2.24, 2.45) is 0 Å². The van der Waals surface area contributed by atoms with Gasteiger partial charge in [0.05, 0.1) is 12.5 Å². The summed E-state index contributed by atoms with van der Waals surface area (Å²) in [6.45, 7) is 6.32. The van der Waals surface area contributed by atoms with Gasteiger partial charge in [-0.25, -0.2) is 4.79 Å². The molecule has 35 heavy (non-hydrogen) atoms. The molecule has 0 spiro atoms. The van der Waals surface area contributed by atoms with Crippen molar-refractivity contribution in [1.29, 1.82) is 0 Å². The van der Waals surface area contributed by atoms with Crippen LogP contribution in [0.1, 0.15) is 37.5 Å². The molecule has 0 saturated heterocycles. The molecule has 0 aliphatic carbocycles. The summed E-state index contributed by atoms with van der Waals surface area (Å²) < 4.78 is 10.8. The monoisotopic (exact) mass is 474 g/mol. The average molecular weight is 475 g/mol. The average Bonchev–Trinajstić information content (AvgIpc) is 2.82. The Bertz CT molecular complexity index is 1060. The van der Waals surface area contributed by atoms with Gasteiger partial charge < -0.3 is 20.1 Å². The Balaban J connectivity index is 1.52. The SMILES string of the molecule is CC(C)(C)OC(=O)N[C@@H](CNc1ccc(CC(=O)OCc2ccccc2)cc1)Cc1ccccc1. The number of rotatable bonds is 10. The van der Waals surface area contributed by atoms with Crippen LogP contribution in [0.15, 0.2) is 84.9 Å². The van der Waals surface area contributed by atoms with Crippen LogP contribution in [-0.2, 0) is 33.7 Å². The van der Waals surface area contributed by atoms with Crippen LogP contribution in [0.5, 0.6) is 0 Å². The Morgan fingerprint density at radius 3 is 2.00 bits per heavy atom. The standard InChI is InChI=1S/C29H34N2O4/c1-29(2,3)35-28(33)31-26(18-22-10-6-4-7-11-22)20-30-25-16-14-23(15-17-25)19-27(32)34-21-24-12-8-5-9-13-24/h4-17,26,30H,18-21H2,1-3H3,(H,31,33)/t26-/m1/s1. The molecule has 0 aliphatic rings. The molecule has 0 unspecified atom stereocenters. The van der Waals surface area contributed by atoms with Crippen LogP contribution in [0.25, 0.3) is 0 Å². The van der Waals surface area contributed by atoms with Gasteiger partial charge >= 0.3 is 12.1 Å². The highest BCUT2D eigenvalue weighted by Crippen LogP contribution is 2.13. The Kier molecular flexibility index (Phi) is 9.30. The molecule has 0 aromatic heterocycles. The van der Waals surface area contributed by atoms with Crippen molar-refractivity contribution in [2.75, 3.05) is 11.9 Å². The fourth-order valence-electron chi connectivity index (χ4n) is 3.48. The number of carbonyl (C=O) groups excluding carboxylic acids is 2. The molecule has 3 aromatic carbocycles. The van der Waals surface area contributed by atoms with Crippen molar-refractivity contribution in [1.82, 2.24) is 5.32 Å². The third kappa shape index (κ3) is 9.92. The zero-order valence-corrected chi connectivity index (χ0v) is 20.6. The van der Waals surface area contributed by atoms with E-state index in [4.69, 9.17) is 9.47 Å². The van der Waals surface area contributed by atoms with E-state index in [0.29, 0.717) is 13.0 Å². The third-order valence-corrected chi connectivity index (χ3v) is 5.14. The van der Waals surface area contributed by atoms with Gasteiger partial charge in [-0.05, 0) is 56.0 Å². The highest BCUT2D eigenvalue weighted by Gasteiger charge is 2.20. The number of carbonyl (C=O) groups is 2. The maximum absolute atomic E-state index is 12.4. The Morgan fingerprint density at radius 1 is 0.800 bits per heavy atom. The smallest absolute Gasteiger partial charge is 0.407 e. The molecule has 6 nitrogen and oxygen atoms in total. The van der Waals surface area contributed by atoms with Crippen LogP contribution in [0.3, 0.4) is 0 Å². The first-order valence-electron chi connectivity index (χ1n) is 11.8. The molecular formula is C29H34N2O4. The number of esters is 1. The highest BCUT2D eigenvalue weighted by molar-refractivity contribution is 5.72. The number of hydrogen-bond acceptors (Lipinski definition) is 5. The maximum Gasteiger partial charge on any atom is 0.407 e. The molecule has 2 N–H and O–H groups in total. The molecule has 3 aromatic rings. The van der Waals surface area contributed by atoms with E-state index in [1.807, 2.05) is 106 Å². The summed E-state index contributed by atoms with van der Waals surface area (Å²) in [5, 5.41) is 6.35. The fourth-order valence-corrected chi connectivity index (χ4v) is 3.48. The van der Waals surface area contributed by atoms with E-state index in [9.17, 15) is 9.59 Å². The molecule has 1 amide bonds. The number of alkyl carbamates (subject to hydrolysis) is 1. The second kappa shape index (κ2) is 12.6. The van der Waals surface area contributed by atoms with Crippen LogP contribution in [-0.4, -0.2) is 30.3 Å². The zero-order chi connectivity index (χ0) is 25.1. The van der Waals surface area contributed by atoms with Gasteiger partial charge in [-0.15, -0.1) is 0 Å². The van der Waals surface area contributed by atoms with E-state index in [-0.39, 0.29) is 25.0 Å². The first kappa shape index (κ1) is 25.8. The van der Waals surface area contributed by atoms with Gasteiger partial charge in [0.2, 0.25) is 0 Å². The molecule has 0 radical (unpaired) electrons. The predicted molar refractivity (Wildman–Crippen MR) is 138 cm³/mol. The Labute approximate surface area is 207 Å². The normalized spacial score (nSPS) is 11.9. The number of hydrogen-bond donors (Lipinski definition) is 2. The van der Waals surface area contributed by atoms with Crippen molar-refractivity contribution >= 4 is 17.7 Å². The molecular weight excluding hydrogens is 440 g/mol. The zero-order valence-electron chi connectivity index (χ0n) is 20.6. The minimum absolute atomic E-state index is 0.167. The minimum Gasteiger partial charge on any atom is -0.461 e. The number of nitrogens with one attached hydrogen (secondary N) is 2. The summed E-state index contributed by atoms with van der Waals surface area (Å²) in [4.78, 5) is 24.5. The van der Waals surface area contributed by atoms with Gasteiger partial charge in [-0.2, -0.15) is 0 Å². The maximum atomic E-state index is 12.4. The molecule has 0 aliphatic heterocycles. The van der Waals surface area contributed by atoms with Crippen LogP contribution < -0.4 is 10.6 Å². The molecule has 0 saturated carbocycles. The summed E-state index contributed by atoms with van der Waals surface area (Å²) in [5.74, 6) is -0.265. The van der Waals surface area contributed by atoms with E-state index in [2.05, 4.69) is 10.6 Å². The second-order valence-electron chi connectivity index (χ2n) is 9.43. The molecule has 0 bridgehead atoms. The quantitative estimate of drug-likeness (QED) is 0.378. The van der Waals surface area contributed by atoms with Gasteiger partial charge in [0.15, 0.2) is 0 Å². The number of anilines is 1. The van der Waals surface area contributed by atoms with Crippen LogP contribution in [0, 0.1) is 0 Å². The topological polar surface area (TPSA) is 76.7 Å². The Morgan fingerprint density at radius 2 is 1.40 bits per heavy atom. The number of ether oxygens (including phenoxy) is 2. The summed E-state index contributed by atoms with van der Waals surface area (Å²) in [5.41, 5.74) is 3.30. The van der Waals surface area contributed by atoms with Gasteiger partial charge in [0.25, 0.3) is 0 Å². The van der Waals surface area contributed by atoms with Crippen molar-refractivity contribution < 1.29 is 19.1 Å². The van der Waals surface area contributed by atoms with Crippen LogP contribution >= 0.6 is 0 Å². The van der Waals surface area contributed by atoms with E-state index in [0.717, 1.165) is 22.4 Å². The van der Waals surface area contributed by atoms with Gasteiger partial charge in [0.1, 0.15) is 12.2 Å². The lowest BCUT2D eigenvalue weighted by molar-refractivity contribution is -0.144. The fraction of sp³-hybridized carbons (Fsp3) is 0.310. The van der Waals surface area contributed by atoms with E-state index < -0.39 is 11.7 Å². The highest BCUT2D eigenvalue weighted by atomic mass is 16.6. The van der Waals surface area contributed by atoms with Gasteiger partial charge in [-0.3, -0.25) is 4.79 Å². The van der Waals surface area contributed by atoms with Crippen molar-refractivity contribution in [3.63, 3.8) is 0 Å². The largest absolute Gasteiger partial charge is 0.461 e. The van der Waals surface area contributed by atoms with E-state index in [1.165, 1.54) is 0 Å². The predicted octanol–water partition coefficient (Wildman–Crippen LogP) is 5.52. The third-order valence-electron chi connectivity index (χ3n) is 5.14. The van der Waals surface area contributed by atoms with E-state index in [1.54, 1.807) is 0 Å². The molecule has 3 rings (SSSR count). The Hall–Kier alpha value is -3.80. The molecule has 0 fully saturated rings. The lowest BCUT2D eigenvalue weighted by Gasteiger charge is -2.24. The van der Waals surface area contributed by atoms with E-state index >= 15 is 0 Å². The van der Waals surface area contributed by atoms with Crippen LogP contribution in [0.4, 0.5) is 10.5 Å². The molecule has 1 atom stereocenters. The summed E-state index contributed by atoms with van der Waals surface area (Å²) in [7, 11) is 0. The number of benzene rings is 3. The van der Waals surface area contributed by atoms with Crippen molar-refractivity contribution in [3.8, 4) is 0 Å².